The van der Waals surface area contributed by atoms with Gasteiger partial charge in [-0.3, -0.25) is 4.79 Å². The highest BCUT2D eigenvalue weighted by Gasteiger charge is 2.39. The molecule has 1 amide bonds. The lowest BCUT2D eigenvalue weighted by molar-refractivity contribution is -0.299. The first kappa shape index (κ1) is 21.1. The molecule has 3 fully saturated rings. The lowest BCUT2D eigenvalue weighted by Gasteiger charge is -2.44. The molecule has 3 aliphatic rings. The molecule has 0 aromatic heterocycles. The third kappa shape index (κ3) is 5.91. The zero-order valence-corrected chi connectivity index (χ0v) is 17.5. The van der Waals surface area contributed by atoms with Gasteiger partial charge in [-0.15, -0.1) is 0 Å². The molecule has 2 saturated carbocycles. The van der Waals surface area contributed by atoms with Gasteiger partial charge in [0.1, 0.15) is 0 Å². The molecule has 27 heavy (non-hydrogen) atoms. The number of hydrogen-bond acceptors (Lipinski definition) is 4. The van der Waals surface area contributed by atoms with Crippen LogP contribution in [0, 0.1) is 0 Å². The van der Waals surface area contributed by atoms with E-state index in [-0.39, 0.29) is 12.2 Å². The molecular formula is C22H40N2O3. The Kier molecular flexibility index (Phi) is 7.57. The minimum absolute atomic E-state index is 0.0625. The van der Waals surface area contributed by atoms with E-state index in [9.17, 15) is 4.79 Å². The molecule has 0 aromatic rings. The van der Waals surface area contributed by atoms with E-state index in [0.29, 0.717) is 31.0 Å². The van der Waals surface area contributed by atoms with Gasteiger partial charge in [-0.05, 0) is 52.5 Å². The third-order valence-electron chi connectivity index (χ3n) is 6.54. The molecule has 0 aromatic carbocycles. The van der Waals surface area contributed by atoms with E-state index < -0.39 is 5.79 Å². The molecule has 2 atom stereocenters. The monoisotopic (exact) mass is 380 g/mol. The largest absolute Gasteiger partial charge is 0.347 e. The van der Waals surface area contributed by atoms with Gasteiger partial charge >= 0.3 is 0 Å². The van der Waals surface area contributed by atoms with Gasteiger partial charge in [0.05, 0.1) is 18.6 Å². The lowest BCUT2D eigenvalue weighted by atomic mass is 9.88. The van der Waals surface area contributed by atoms with Crippen LogP contribution < -0.4 is 5.73 Å². The summed E-state index contributed by atoms with van der Waals surface area (Å²) in [6, 6.07) is 0.893. The van der Waals surface area contributed by atoms with Crippen molar-refractivity contribution < 1.29 is 14.3 Å². The van der Waals surface area contributed by atoms with Crippen molar-refractivity contribution in [1.82, 2.24) is 4.90 Å². The van der Waals surface area contributed by atoms with Gasteiger partial charge in [0.15, 0.2) is 5.79 Å². The number of ether oxygens (including phenoxy) is 2. The maximum Gasteiger partial charge on any atom is 0.225 e. The SMILES string of the molecule is CC1(C)O[C@H](CCN)C[C@H](CC(=O)N(C2CCCCC2)C2CCCCC2)O1. The Morgan fingerprint density at radius 1 is 0.926 bits per heavy atom. The van der Waals surface area contributed by atoms with E-state index in [0.717, 1.165) is 12.8 Å². The quantitative estimate of drug-likeness (QED) is 0.752. The topological polar surface area (TPSA) is 64.8 Å². The summed E-state index contributed by atoms with van der Waals surface area (Å²) in [6.07, 6.45) is 14.5. The van der Waals surface area contributed by atoms with E-state index in [4.69, 9.17) is 15.2 Å². The molecule has 5 nitrogen and oxygen atoms in total. The van der Waals surface area contributed by atoms with Gasteiger partial charge < -0.3 is 20.1 Å². The predicted octanol–water partition coefficient (Wildman–Crippen LogP) is 4.13. The summed E-state index contributed by atoms with van der Waals surface area (Å²) in [5.74, 6) is -0.327. The van der Waals surface area contributed by atoms with Crippen LogP contribution in [0.1, 0.15) is 97.3 Å². The highest BCUT2D eigenvalue weighted by molar-refractivity contribution is 5.77. The fraction of sp³-hybridized carbons (Fsp3) is 0.955. The Hall–Kier alpha value is -0.650. The van der Waals surface area contributed by atoms with Crippen molar-refractivity contribution in [1.29, 1.82) is 0 Å². The van der Waals surface area contributed by atoms with Crippen molar-refractivity contribution in [2.75, 3.05) is 6.54 Å². The van der Waals surface area contributed by atoms with Gasteiger partial charge in [0.2, 0.25) is 5.91 Å². The van der Waals surface area contributed by atoms with E-state index in [2.05, 4.69) is 4.90 Å². The summed E-state index contributed by atoms with van der Waals surface area (Å²) < 4.78 is 12.1. The Labute approximate surface area is 165 Å². The molecule has 156 valence electrons. The fourth-order valence-electron chi connectivity index (χ4n) is 5.43. The maximum absolute atomic E-state index is 13.5. The summed E-state index contributed by atoms with van der Waals surface area (Å²) in [7, 11) is 0. The number of nitrogens with two attached hydrogens (primary N) is 1. The van der Waals surface area contributed by atoms with Crippen molar-refractivity contribution >= 4 is 5.91 Å². The highest BCUT2D eigenvalue weighted by atomic mass is 16.7. The average Bonchev–Trinajstić information content (AvgIpc) is 2.62. The summed E-state index contributed by atoms with van der Waals surface area (Å²) in [6.45, 7) is 4.51. The van der Waals surface area contributed by atoms with E-state index in [1.807, 2.05) is 13.8 Å². The van der Waals surface area contributed by atoms with E-state index in [1.54, 1.807) is 0 Å². The summed E-state index contributed by atoms with van der Waals surface area (Å²) in [5.41, 5.74) is 5.74. The molecule has 0 bridgehead atoms. The van der Waals surface area contributed by atoms with Crippen LogP contribution >= 0.6 is 0 Å². The second kappa shape index (κ2) is 9.71. The normalized spacial score (nSPS) is 30.2. The molecule has 0 spiro atoms. The van der Waals surface area contributed by atoms with Gasteiger partial charge in [-0.2, -0.15) is 0 Å². The molecule has 0 radical (unpaired) electrons. The molecule has 1 aliphatic heterocycles. The van der Waals surface area contributed by atoms with Crippen LogP contribution in [0.4, 0.5) is 0 Å². The second-order valence-electron chi connectivity index (χ2n) is 9.28. The average molecular weight is 381 g/mol. The van der Waals surface area contributed by atoms with Crippen LogP contribution in [0.3, 0.4) is 0 Å². The molecule has 1 saturated heterocycles. The first-order valence-corrected chi connectivity index (χ1v) is 11.4. The van der Waals surface area contributed by atoms with E-state index >= 15 is 0 Å². The smallest absolute Gasteiger partial charge is 0.225 e. The number of rotatable bonds is 6. The number of amides is 1. The Morgan fingerprint density at radius 3 is 1.96 bits per heavy atom. The zero-order chi connectivity index (χ0) is 19.3. The van der Waals surface area contributed by atoms with Crippen LogP contribution in [-0.2, 0) is 14.3 Å². The predicted molar refractivity (Wildman–Crippen MR) is 107 cm³/mol. The Morgan fingerprint density at radius 2 is 1.44 bits per heavy atom. The van der Waals surface area contributed by atoms with Gasteiger partial charge in [-0.1, -0.05) is 38.5 Å². The number of carbonyl (C=O) groups is 1. The van der Waals surface area contributed by atoms with Crippen molar-refractivity contribution in [2.24, 2.45) is 5.73 Å². The number of carbonyl (C=O) groups excluding carboxylic acids is 1. The van der Waals surface area contributed by atoms with Crippen LogP contribution in [0.25, 0.3) is 0 Å². The van der Waals surface area contributed by atoms with Crippen LogP contribution in [0.2, 0.25) is 0 Å². The van der Waals surface area contributed by atoms with Gasteiger partial charge in [0.25, 0.3) is 0 Å². The summed E-state index contributed by atoms with van der Waals surface area (Å²) in [4.78, 5) is 15.8. The minimum atomic E-state index is -0.635. The summed E-state index contributed by atoms with van der Waals surface area (Å²) >= 11 is 0. The Balaban J connectivity index is 1.67. The molecule has 5 heteroatoms. The molecule has 2 aliphatic carbocycles. The molecular weight excluding hydrogens is 340 g/mol. The molecule has 1 heterocycles. The van der Waals surface area contributed by atoms with Gasteiger partial charge in [0, 0.05) is 18.5 Å². The first-order valence-electron chi connectivity index (χ1n) is 11.4. The van der Waals surface area contributed by atoms with Crippen LogP contribution in [-0.4, -0.2) is 47.4 Å². The van der Waals surface area contributed by atoms with Crippen LogP contribution in [0.5, 0.6) is 0 Å². The lowest BCUT2D eigenvalue weighted by Crippen LogP contribution is -2.51. The van der Waals surface area contributed by atoms with Crippen molar-refractivity contribution in [3.8, 4) is 0 Å². The standard InChI is InChI=1S/C22H40N2O3/c1-22(2)26-19(13-14-23)15-20(27-22)16-21(25)24(17-9-5-3-6-10-17)18-11-7-4-8-12-18/h17-20H,3-16,23H2,1-2H3/t19-,20-/m1/s1. The second-order valence-corrected chi connectivity index (χ2v) is 9.28. The number of nitrogens with zero attached hydrogens (tertiary/aromatic N) is 1. The van der Waals surface area contributed by atoms with Crippen molar-refractivity contribution in [2.45, 2.75) is 127 Å². The van der Waals surface area contributed by atoms with Crippen LogP contribution in [0.15, 0.2) is 0 Å². The molecule has 0 unspecified atom stereocenters. The fourth-order valence-corrected chi connectivity index (χ4v) is 5.43. The maximum atomic E-state index is 13.5. The summed E-state index contributed by atoms with van der Waals surface area (Å²) in [5, 5.41) is 0. The zero-order valence-electron chi connectivity index (χ0n) is 17.5. The van der Waals surface area contributed by atoms with Crippen molar-refractivity contribution in [3.05, 3.63) is 0 Å². The van der Waals surface area contributed by atoms with Gasteiger partial charge in [-0.25, -0.2) is 0 Å². The van der Waals surface area contributed by atoms with Crippen molar-refractivity contribution in [3.63, 3.8) is 0 Å². The Bertz CT molecular complexity index is 452. The molecule has 2 N–H and O–H groups in total. The highest BCUT2D eigenvalue weighted by Crippen LogP contribution is 2.33. The van der Waals surface area contributed by atoms with E-state index in [1.165, 1.54) is 64.2 Å². The first-order chi connectivity index (χ1) is 13.0. The number of hydrogen-bond donors (Lipinski definition) is 1. The molecule has 3 rings (SSSR count). The third-order valence-corrected chi connectivity index (χ3v) is 6.54. The minimum Gasteiger partial charge on any atom is -0.347 e.